The third kappa shape index (κ3) is 5.26. The van der Waals surface area contributed by atoms with Crippen LogP contribution in [0.15, 0.2) is 24.3 Å². The highest BCUT2D eigenvalue weighted by Crippen LogP contribution is 2.25. The first-order valence-electron chi connectivity index (χ1n) is 8.02. The van der Waals surface area contributed by atoms with Crippen LogP contribution in [0, 0.1) is 12.8 Å². The molecule has 0 saturated carbocycles. The molecule has 3 atom stereocenters. The fraction of sp³-hybridized carbons (Fsp3) is 0.667. The zero-order valence-electron chi connectivity index (χ0n) is 13.6. The molecule has 114 valence electrons. The first-order valence-corrected chi connectivity index (χ1v) is 8.02. The molecule has 0 spiro atoms. The summed E-state index contributed by atoms with van der Waals surface area (Å²) in [6.07, 6.45) is 4.98. The predicted octanol–water partition coefficient (Wildman–Crippen LogP) is 4.62. The maximum Gasteiger partial charge on any atom is 0.0975 e. The molecule has 1 rings (SSSR count). The van der Waals surface area contributed by atoms with Crippen molar-refractivity contribution in [1.82, 2.24) is 0 Å². The van der Waals surface area contributed by atoms with E-state index in [1.54, 1.807) is 0 Å². The van der Waals surface area contributed by atoms with Gasteiger partial charge in [0.2, 0.25) is 0 Å². The summed E-state index contributed by atoms with van der Waals surface area (Å²) in [6, 6.07) is 8.40. The van der Waals surface area contributed by atoms with Crippen molar-refractivity contribution in [3.8, 4) is 0 Å². The monoisotopic (exact) mass is 277 g/mol. The molecule has 1 aromatic rings. The third-order valence-corrected chi connectivity index (χ3v) is 4.03. The lowest BCUT2D eigenvalue weighted by molar-refractivity contribution is 0.0124. The average molecular weight is 277 g/mol. The quantitative estimate of drug-likeness (QED) is 0.715. The first kappa shape index (κ1) is 17.2. The summed E-state index contributed by atoms with van der Waals surface area (Å²) in [4.78, 5) is 0. The van der Waals surface area contributed by atoms with Crippen LogP contribution in [-0.4, -0.2) is 12.6 Å². The van der Waals surface area contributed by atoms with Gasteiger partial charge in [-0.2, -0.15) is 0 Å². The number of rotatable bonds is 9. The average Bonchev–Trinajstić information content (AvgIpc) is 2.44. The van der Waals surface area contributed by atoms with E-state index in [2.05, 4.69) is 45.0 Å². The van der Waals surface area contributed by atoms with Crippen molar-refractivity contribution in [2.45, 2.75) is 65.5 Å². The van der Waals surface area contributed by atoms with E-state index in [0.717, 1.165) is 6.61 Å². The van der Waals surface area contributed by atoms with E-state index in [-0.39, 0.29) is 12.1 Å². The Labute approximate surface area is 124 Å². The Morgan fingerprint density at radius 3 is 2.45 bits per heavy atom. The van der Waals surface area contributed by atoms with Crippen molar-refractivity contribution >= 4 is 0 Å². The maximum atomic E-state index is 6.20. The van der Waals surface area contributed by atoms with Gasteiger partial charge < -0.3 is 10.5 Å². The van der Waals surface area contributed by atoms with Gasteiger partial charge in [-0.3, -0.25) is 0 Å². The van der Waals surface area contributed by atoms with E-state index in [0.29, 0.717) is 5.92 Å². The molecule has 0 aliphatic rings. The minimum atomic E-state index is 0.00637. The van der Waals surface area contributed by atoms with Crippen LogP contribution in [0.25, 0.3) is 0 Å². The molecular formula is C18H31NO. The first-order chi connectivity index (χ1) is 9.60. The number of nitrogens with two attached hydrogens (primary N) is 1. The van der Waals surface area contributed by atoms with Crippen LogP contribution in [0.4, 0.5) is 0 Å². The zero-order valence-corrected chi connectivity index (χ0v) is 13.6. The van der Waals surface area contributed by atoms with Gasteiger partial charge in [0.15, 0.2) is 0 Å². The van der Waals surface area contributed by atoms with Crippen molar-refractivity contribution in [2.75, 3.05) is 6.61 Å². The second-order valence-electron chi connectivity index (χ2n) is 5.89. The molecule has 0 saturated heterocycles. The lowest BCUT2D eigenvalue weighted by atomic mass is 9.97. The molecule has 0 amide bonds. The highest BCUT2D eigenvalue weighted by atomic mass is 16.5. The standard InChI is InChI=1S/C18H31NO/c1-5-7-11-16(6-2)13-20-18(15(4)19)17-12-9-8-10-14(17)3/h8-10,12,15-16,18H,5-7,11,13,19H2,1-4H3. The molecule has 0 fully saturated rings. The third-order valence-electron chi connectivity index (χ3n) is 4.03. The number of aryl methyl sites for hydroxylation is 1. The molecule has 2 nitrogen and oxygen atoms in total. The van der Waals surface area contributed by atoms with Gasteiger partial charge in [0.1, 0.15) is 0 Å². The maximum absolute atomic E-state index is 6.20. The molecule has 2 heteroatoms. The van der Waals surface area contributed by atoms with Crippen molar-refractivity contribution in [3.63, 3.8) is 0 Å². The molecule has 0 aliphatic carbocycles. The molecule has 0 aromatic heterocycles. The number of benzene rings is 1. The van der Waals surface area contributed by atoms with E-state index in [1.165, 1.54) is 36.8 Å². The topological polar surface area (TPSA) is 35.2 Å². The van der Waals surface area contributed by atoms with Gasteiger partial charge in [-0.15, -0.1) is 0 Å². The number of hydrogen-bond donors (Lipinski definition) is 1. The minimum absolute atomic E-state index is 0.00637. The van der Waals surface area contributed by atoms with E-state index in [4.69, 9.17) is 10.5 Å². The van der Waals surface area contributed by atoms with E-state index in [9.17, 15) is 0 Å². The summed E-state index contributed by atoms with van der Waals surface area (Å²) in [6.45, 7) is 9.47. The van der Waals surface area contributed by atoms with Crippen molar-refractivity contribution in [2.24, 2.45) is 11.7 Å². The largest absolute Gasteiger partial charge is 0.372 e. The van der Waals surface area contributed by atoms with Crippen LogP contribution < -0.4 is 5.73 Å². The fourth-order valence-electron chi connectivity index (χ4n) is 2.57. The zero-order chi connectivity index (χ0) is 15.0. The van der Waals surface area contributed by atoms with Gasteiger partial charge in [0.05, 0.1) is 12.7 Å². The fourth-order valence-corrected chi connectivity index (χ4v) is 2.57. The van der Waals surface area contributed by atoms with Crippen LogP contribution in [-0.2, 0) is 4.74 Å². The SMILES string of the molecule is CCCCC(CC)COC(c1ccccc1C)C(C)N. The highest BCUT2D eigenvalue weighted by molar-refractivity contribution is 5.28. The molecular weight excluding hydrogens is 246 g/mol. The van der Waals surface area contributed by atoms with E-state index < -0.39 is 0 Å². The lowest BCUT2D eigenvalue weighted by Gasteiger charge is -2.26. The van der Waals surface area contributed by atoms with Gasteiger partial charge in [0, 0.05) is 6.04 Å². The normalized spacial score (nSPS) is 15.8. The van der Waals surface area contributed by atoms with Gasteiger partial charge in [0.25, 0.3) is 0 Å². The van der Waals surface area contributed by atoms with E-state index in [1.807, 2.05) is 6.92 Å². The summed E-state index contributed by atoms with van der Waals surface area (Å²) in [5, 5.41) is 0. The molecule has 2 N–H and O–H groups in total. The molecule has 0 aliphatic heterocycles. The Morgan fingerprint density at radius 1 is 1.20 bits per heavy atom. The Balaban J connectivity index is 2.66. The smallest absolute Gasteiger partial charge is 0.0975 e. The van der Waals surface area contributed by atoms with Gasteiger partial charge in [-0.1, -0.05) is 57.4 Å². The summed E-state index contributed by atoms with van der Waals surface area (Å²) >= 11 is 0. The summed E-state index contributed by atoms with van der Waals surface area (Å²) in [7, 11) is 0. The Morgan fingerprint density at radius 2 is 1.90 bits per heavy atom. The van der Waals surface area contributed by atoms with Gasteiger partial charge in [-0.25, -0.2) is 0 Å². The highest BCUT2D eigenvalue weighted by Gasteiger charge is 2.20. The van der Waals surface area contributed by atoms with Gasteiger partial charge >= 0.3 is 0 Å². The Hall–Kier alpha value is -0.860. The summed E-state index contributed by atoms with van der Waals surface area (Å²) < 4.78 is 6.20. The molecule has 20 heavy (non-hydrogen) atoms. The van der Waals surface area contributed by atoms with Gasteiger partial charge in [-0.05, 0) is 37.3 Å². The lowest BCUT2D eigenvalue weighted by Crippen LogP contribution is -2.29. The number of hydrogen-bond acceptors (Lipinski definition) is 2. The number of unbranched alkanes of at least 4 members (excludes halogenated alkanes) is 1. The molecule has 0 heterocycles. The van der Waals surface area contributed by atoms with Crippen molar-refractivity contribution < 1.29 is 4.74 Å². The molecule has 1 aromatic carbocycles. The van der Waals surface area contributed by atoms with Crippen LogP contribution >= 0.6 is 0 Å². The second-order valence-corrected chi connectivity index (χ2v) is 5.89. The summed E-state index contributed by atoms with van der Waals surface area (Å²) in [5.41, 5.74) is 8.63. The molecule has 0 radical (unpaired) electrons. The van der Waals surface area contributed by atoms with Crippen molar-refractivity contribution in [1.29, 1.82) is 0 Å². The van der Waals surface area contributed by atoms with Crippen LogP contribution in [0.3, 0.4) is 0 Å². The minimum Gasteiger partial charge on any atom is -0.372 e. The Kier molecular flexibility index (Phi) is 7.86. The van der Waals surface area contributed by atoms with Crippen LogP contribution in [0.2, 0.25) is 0 Å². The van der Waals surface area contributed by atoms with E-state index >= 15 is 0 Å². The molecule has 0 bridgehead atoms. The number of ether oxygens (including phenoxy) is 1. The summed E-state index contributed by atoms with van der Waals surface area (Å²) in [5.74, 6) is 0.653. The second kappa shape index (κ2) is 9.15. The van der Waals surface area contributed by atoms with Crippen LogP contribution in [0.1, 0.15) is 63.7 Å². The molecule has 3 unspecified atom stereocenters. The Bertz CT molecular complexity index is 375. The van der Waals surface area contributed by atoms with Crippen LogP contribution in [0.5, 0.6) is 0 Å². The van der Waals surface area contributed by atoms with Crippen molar-refractivity contribution in [3.05, 3.63) is 35.4 Å². The predicted molar refractivity (Wildman–Crippen MR) is 86.8 cm³/mol.